The maximum atomic E-state index is 12.7. The van der Waals surface area contributed by atoms with Gasteiger partial charge in [-0.15, -0.1) is 0 Å². The Balaban J connectivity index is 1.99. The first-order chi connectivity index (χ1) is 14.2. The summed E-state index contributed by atoms with van der Waals surface area (Å²) in [6.07, 6.45) is 1.57. The van der Waals surface area contributed by atoms with Gasteiger partial charge in [-0.2, -0.15) is 4.31 Å². The molecule has 0 saturated heterocycles. The Hall–Kier alpha value is -2.75. The predicted octanol–water partition coefficient (Wildman–Crippen LogP) is 4.55. The summed E-state index contributed by atoms with van der Waals surface area (Å²) in [6, 6.07) is 9.48. The van der Waals surface area contributed by atoms with Gasteiger partial charge in [0.2, 0.25) is 10.0 Å². The number of imidazole rings is 1. The lowest BCUT2D eigenvalue weighted by Gasteiger charge is -2.18. The van der Waals surface area contributed by atoms with Crippen molar-refractivity contribution in [1.29, 1.82) is 0 Å². The van der Waals surface area contributed by atoms with Crippen LogP contribution in [0.15, 0.2) is 41.3 Å². The quantitative estimate of drug-likeness (QED) is 0.421. The van der Waals surface area contributed by atoms with Gasteiger partial charge < -0.3 is 4.98 Å². The van der Waals surface area contributed by atoms with Gasteiger partial charge >= 0.3 is 0 Å². The highest BCUT2D eigenvalue weighted by atomic mass is 35.5. The summed E-state index contributed by atoms with van der Waals surface area (Å²) in [7, 11) is -3.60. The number of nitro benzene ring substituents is 1. The number of sulfonamides is 1. The molecule has 3 aromatic rings. The molecule has 0 amide bonds. The number of nitrogens with zero attached hydrogens (tertiary/aromatic N) is 3. The Kier molecular flexibility index (Phi) is 6.25. The molecule has 30 heavy (non-hydrogen) atoms. The van der Waals surface area contributed by atoms with Gasteiger partial charge in [0.05, 0.1) is 25.9 Å². The minimum Gasteiger partial charge on any atom is -0.337 e. The van der Waals surface area contributed by atoms with Crippen molar-refractivity contribution >= 4 is 49.5 Å². The third-order valence-corrected chi connectivity index (χ3v) is 7.08. The van der Waals surface area contributed by atoms with E-state index in [2.05, 4.69) is 9.97 Å². The normalized spacial score (nSPS) is 12.6. The highest BCUT2D eigenvalue weighted by Gasteiger charge is 2.22. The largest absolute Gasteiger partial charge is 0.337 e. The summed E-state index contributed by atoms with van der Waals surface area (Å²) in [5, 5.41) is 11.4. The second-order valence-corrected chi connectivity index (χ2v) is 8.99. The number of hydrogen-bond acceptors (Lipinski definition) is 5. The zero-order chi connectivity index (χ0) is 22.1. The van der Waals surface area contributed by atoms with Crippen LogP contribution in [0, 0.1) is 17.0 Å². The molecule has 8 nitrogen and oxygen atoms in total. The topological polar surface area (TPSA) is 109 Å². The van der Waals surface area contributed by atoms with E-state index in [1.54, 1.807) is 45.0 Å². The smallest absolute Gasteiger partial charge is 0.272 e. The number of aromatic amines is 1. The molecule has 0 aliphatic carbocycles. The number of H-pyrrole nitrogens is 1. The van der Waals surface area contributed by atoms with Crippen LogP contribution in [-0.2, 0) is 10.0 Å². The van der Waals surface area contributed by atoms with Crippen molar-refractivity contribution in [3.63, 3.8) is 0 Å². The number of hydrogen-bond donors (Lipinski definition) is 1. The minimum atomic E-state index is -3.60. The maximum Gasteiger partial charge on any atom is 0.272 e. The van der Waals surface area contributed by atoms with Crippen LogP contribution in [0.2, 0.25) is 0 Å². The highest BCUT2D eigenvalue weighted by molar-refractivity contribution is 7.89. The van der Waals surface area contributed by atoms with Gasteiger partial charge in [0.25, 0.3) is 5.69 Å². The summed E-state index contributed by atoms with van der Waals surface area (Å²) in [6.45, 7) is 5.99. The van der Waals surface area contributed by atoms with Crippen molar-refractivity contribution in [2.75, 3.05) is 13.1 Å². The maximum absolute atomic E-state index is 12.7. The summed E-state index contributed by atoms with van der Waals surface area (Å²) in [5.41, 5.74) is 2.20. The van der Waals surface area contributed by atoms with Gasteiger partial charge in [0.15, 0.2) is 0 Å². The van der Waals surface area contributed by atoms with Crippen molar-refractivity contribution in [2.45, 2.75) is 25.7 Å². The lowest BCUT2D eigenvalue weighted by atomic mass is 10.1. The molecule has 10 heteroatoms. The molecular weight excluding hydrogens is 428 g/mol. The number of nitrogens with one attached hydrogen (secondary N) is 1. The van der Waals surface area contributed by atoms with E-state index in [-0.39, 0.29) is 15.6 Å². The fourth-order valence-corrected chi connectivity index (χ4v) is 4.80. The average Bonchev–Trinajstić information content (AvgIpc) is 3.13. The number of aromatic nitrogens is 2. The molecule has 1 heterocycles. The third-order valence-electron chi connectivity index (χ3n) is 4.75. The van der Waals surface area contributed by atoms with Crippen molar-refractivity contribution in [3.05, 3.63) is 63.5 Å². The van der Waals surface area contributed by atoms with Gasteiger partial charge in [-0.3, -0.25) is 10.1 Å². The lowest BCUT2D eigenvalue weighted by molar-refractivity contribution is -0.385. The van der Waals surface area contributed by atoms with Crippen LogP contribution in [0.4, 0.5) is 5.69 Å². The van der Waals surface area contributed by atoms with Gasteiger partial charge in [-0.25, -0.2) is 13.4 Å². The van der Waals surface area contributed by atoms with Crippen LogP contribution >= 0.6 is 11.6 Å². The van der Waals surface area contributed by atoms with Gasteiger partial charge in [-0.1, -0.05) is 37.6 Å². The predicted molar refractivity (Wildman–Crippen MR) is 118 cm³/mol. The third kappa shape index (κ3) is 4.23. The van der Waals surface area contributed by atoms with Gasteiger partial charge in [0, 0.05) is 24.7 Å². The second-order valence-electron chi connectivity index (χ2n) is 6.65. The Labute approximate surface area is 179 Å². The Morgan fingerprint density at radius 2 is 1.93 bits per heavy atom. The van der Waals surface area contributed by atoms with E-state index in [0.717, 1.165) is 0 Å². The number of fused-ring (bicyclic) bond motifs is 1. The number of aryl methyl sites for hydroxylation is 1. The number of nitro groups is 1. The van der Waals surface area contributed by atoms with E-state index in [9.17, 15) is 18.5 Å². The number of rotatable bonds is 7. The molecule has 0 fully saturated rings. The molecule has 0 saturated carbocycles. The molecule has 0 aliphatic rings. The Morgan fingerprint density at radius 1 is 1.23 bits per heavy atom. The van der Waals surface area contributed by atoms with E-state index in [1.807, 2.05) is 0 Å². The van der Waals surface area contributed by atoms with E-state index in [4.69, 9.17) is 11.6 Å². The van der Waals surface area contributed by atoms with E-state index >= 15 is 0 Å². The van der Waals surface area contributed by atoms with Crippen LogP contribution in [0.3, 0.4) is 0 Å². The van der Waals surface area contributed by atoms with Crippen LogP contribution in [0.5, 0.6) is 0 Å². The fraction of sp³-hybridized carbons (Fsp3) is 0.250. The van der Waals surface area contributed by atoms with Crippen LogP contribution in [-0.4, -0.2) is 40.7 Å². The minimum absolute atomic E-state index is 0.00377. The molecule has 0 unspecified atom stereocenters. The zero-order valence-electron chi connectivity index (χ0n) is 16.7. The van der Waals surface area contributed by atoms with Crippen molar-refractivity contribution in [2.24, 2.45) is 0 Å². The number of halogens is 1. The van der Waals surface area contributed by atoms with Gasteiger partial charge in [0.1, 0.15) is 5.82 Å². The summed E-state index contributed by atoms with van der Waals surface area (Å²) < 4.78 is 26.8. The lowest BCUT2D eigenvalue weighted by Crippen LogP contribution is -2.30. The molecule has 2 aromatic carbocycles. The molecule has 0 spiro atoms. The first kappa shape index (κ1) is 21.9. The van der Waals surface area contributed by atoms with E-state index < -0.39 is 14.9 Å². The highest BCUT2D eigenvalue weighted by Crippen LogP contribution is 2.27. The molecule has 3 rings (SSSR count). The molecular formula is C20H21ClN4O4S. The fourth-order valence-electron chi connectivity index (χ4n) is 3.10. The van der Waals surface area contributed by atoms with Gasteiger partial charge in [-0.05, 0) is 36.8 Å². The Morgan fingerprint density at radius 3 is 2.57 bits per heavy atom. The summed E-state index contributed by atoms with van der Waals surface area (Å²) in [5.74, 6) is 0.340. The molecule has 1 aromatic heterocycles. The molecule has 0 bridgehead atoms. The van der Waals surface area contributed by atoms with Crippen LogP contribution < -0.4 is 0 Å². The first-order valence-electron chi connectivity index (χ1n) is 9.30. The average molecular weight is 449 g/mol. The summed E-state index contributed by atoms with van der Waals surface area (Å²) >= 11 is 6.38. The molecule has 158 valence electrons. The second kappa shape index (κ2) is 8.55. The number of benzene rings is 2. The van der Waals surface area contributed by atoms with Crippen molar-refractivity contribution < 1.29 is 13.3 Å². The standard InChI is InChI=1S/C20H21ClN4O4S/c1-4-24(5-2)30(28,29)15-8-9-17-18(12-15)23-20(22-17)16(21)10-14-7-6-13(3)19(11-14)25(26)27/h6-12H,4-5H2,1-3H3,(H,22,23). The monoisotopic (exact) mass is 448 g/mol. The van der Waals surface area contributed by atoms with Crippen LogP contribution in [0.25, 0.3) is 22.1 Å². The Bertz CT molecular complexity index is 1250. The molecule has 1 N–H and O–H groups in total. The molecule has 0 aliphatic heterocycles. The molecule has 0 radical (unpaired) electrons. The first-order valence-corrected chi connectivity index (χ1v) is 11.1. The molecule has 0 atom stereocenters. The SMILES string of the molecule is CCN(CC)S(=O)(=O)c1ccc2nc(C(Cl)=Cc3ccc(C)c([N+](=O)[O-])c3)[nH]c2c1. The zero-order valence-corrected chi connectivity index (χ0v) is 18.3. The summed E-state index contributed by atoms with van der Waals surface area (Å²) in [4.78, 5) is 18.3. The van der Waals surface area contributed by atoms with Crippen LogP contribution in [0.1, 0.15) is 30.8 Å². The van der Waals surface area contributed by atoms with E-state index in [0.29, 0.717) is 41.1 Å². The van der Waals surface area contributed by atoms with Crippen molar-refractivity contribution in [3.8, 4) is 0 Å². The van der Waals surface area contributed by atoms with Crippen molar-refractivity contribution in [1.82, 2.24) is 14.3 Å². The van der Waals surface area contributed by atoms with E-state index in [1.165, 1.54) is 22.5 Å².